The lowest BCUT2D eigenvalue weighted by Crippen LogP contribution is -2.12. The highest BCUT2D eigenvalue weighted by atomic mass is 16.7. The SMILES string of the molecule is Cc1ccc(NC(=O)ON=C2C=CC(=O)C=C2)cc1. The Morgan fingerprint density at radius 3 is 2.37 bits per heavy atom. The van der Waals surface area contributed by atoms with Gasteiger partial charge in [0.15, 0.2) is 5.78 Å². The predicted octanol–water partition coefficient (Wildman–Crippen LogP) is 2.59. The van der Waals surface area contributed by atoms with Crippen molar-refractivity contribution in [3.8, 4) is 0 Å². The smallest absolute Gasteiger partial charge is 0.297 e. The molecule has 0 aliphatic heterocycles. The van der Waals surface area contributed by atoms with Crippen LogP contribution in [0.3, 0.4) is 0 Å². The van der Waals surface area contributed by atoms with Crippen molar-refractivity contribution in [1.29, 1.82) is 0 Å². The molecule has 1 N–H and O–H groups in total. The number of amides is 1. The number of hydrogen-bond acceptors (Lipinski definition) is 4. The van der Waals surface area contributed by atoms with Gasteiger partial charge >= 0.3 is 6.09 Å². The molecule has 0 bridgehead atoms. The summed E-state index contributed by atoms with van der Waals surface area (Å²) < 4.78 is 0. The minimum atomic E-state index is -0.685. The van der Waals surface area contributed by atoms with Crippen molar-refractivity contribution in [3.63, 3.8) is 0 Å². The van der Waals surface area contributed by atoms with Crippen LogP contribution in [-0.2, 0) is 9.63 Å². The van der Waals surface area contributed by atoms with E-state index in [2.05, 4.69) is 15.3 Å². The van der Waals surface area contributed by atoms with E-state index in [4.69, 9.17) is 0 Å². The predicted molar refractivity (Wildman–Crippen MR) is 72.0 cm³/mol. The molecule has 1 aliphatic rings. The molecule has 0 unspecified atom stereocenters. The summed E-state index contributed by atoms with van der Waals surface area (Å²) in [7, 11) is 0. The second-order valence-corrected chi connectivity index (χ2v) is 3.95. The van der Waals surface area contributed by atoms with E-state index in [1.54, 1.807) is 12.1 Å². The highest BCUT2D eigenvalue weighted by Crippen LogP contribution is 2.09. The summed E-state index contributed by atoms with van der Waals surface area (Å²) in [5.74, 6) is -0.122. The third-order valence-corrected chi connectivity index (χ3v) is 2.37. The van der Waals surface area contributed by atoms with Crippen molar-refractivity contribution in [2.24, 2.45) is 5.16 Å². The quantitative estimate of drug-likeness (QED) is 0.502. The highest BCUT2D eigenvalue weighted by molar-refractivity contribution is 6.16. The van der Waals surface area contributed by atoms with Gasteiger partial charge in [-0.2, -0.15) is 0 Å². The van der Waals surface area contributed by atoms with E-state index in [-0.39, 0.29) is 5.78 Å². The number of aryl methyl sites for hydroxylation is 1. The number of anilines is 1. The van der Waals surface area contributed by atoms with Crippen molar-refractivity contribution in [2.75, 3.05) is 5.32 Å². The second-order valence-electron chi connectivity index (χ2n) is 3.95. The molecule has 5 nitrogen and oxygen atoms in total. The number of carbonyl (C=O) groups is 2. The molecular weight excluding hydrogens is 244 g/mol. The number of oxime groups is 1. The molecule has 2 rings (SSSR count). The summed E-state index contributed by atoms with van der Waals surface area (Å²) in [5.41, 5.74) is 2.13. The Balaban J connectivity index is 1.90. The van der Waals surface area contributed by atoms with E-state index in [0.29, 0.717) is 11.4 Å². The molecule has 0 saturated carbocycles. The molecule has 0 saturated heterocycles. The molecule has 0 atom stereocenters. The number of ketones is 1. The Kier molecular flexibility index (Phi) is 3.87. The lowest BCUT2D eigenvalue weighted by Gasteiger charge is -2.03. The van der Waals surface area contributed by atoms with Crippen molar-refractivity contribution < 1.29 is 14.4 Å². The largest absolute Gasteiger partial charge is 0.437 e. The third kappa shape index (κ3) is 3.92. The van der Waals surface area contributed by atoms with Crippen LogP contribution in [0.2, 0.25) is 0 Å². The molecule has 5 heteroatoms. The maximum atomic E-state index is 11.4. The van der Waals surface area contributed by atoms with Gasteiger partial charge in [-0.05, 0) is 43.4 Å². The average Bonchev–Trinajstić information content (AvgIpc) is 2.41. The Hall–Kier alpha value is -2.69. The molecule has 0 fully saturated rings. The van der Waals surface area contributed by atoms with Crippen LogP contribution in [0.25, 0.3) is 0 Å². The van der Waals surface area contributed by atoms with E-state index in [1.165, 1.54) is 24.3 Å². The van der Waals surface area contributed by atoms with Gasteiger partial charge in [0.1, 0.15) is 5.71 Å². The first-order valence-corrected chi connectivity index (χ1v) is 5.66. The normalized spacial score (nSPS) is 13.3. The lowest BCUT2D eigenvalue weighted by atomic mass is 10.2. The van der Waals surface area contributed by atoms with Gasteiger partial charge < -0.3 is 0 Å². The van der Waals surface area contributed by atoms with E-state index >= 15 is 0 Å². The number of benzene rings is 1. The molecule has 0 heterocycles. The van der Waals surface area contributed by atoms with Gasteiger partial charge in [0.25, 0.3) is 0 Å². The number of carbonyl (C=O) groups excluding carboxylic acids is 2. The van der Waals surface area contributed by atoms with Crippen LogP contribution in [0, 0.1) is 6.92 Å². The number of nitrogens with one attached hydrogen (secondary N) is 1. The lowest BCUT2D eigenvalue weighted by molar-refractivity contribution is -0.110. The maximum Gasteiger partial charge on any atom is 0.437 e. The summed E-state index contributed by atoms with van der Waals surface area (Å²) in [6.45, 7) is 1.96. The second kappa shape index (κ2) is 5.77. The first kappa shape index (κ1) is 12.8. The van der Waals surface area contributed by atoms with Gasteiger partial charge in [-0.1, -0.05) is 22.9 Å². The van der Waals surface area contributed by atoms with E-state index in [9.17, 15) is 9.59 Å². The Bertz CT molecular complexity index is 565. The molecule has 96 valence electrons. The summed E-state index contributed by atoms with van der Waals surface area (Å²) in [4.78, 5) is 27.0. The highest BCUT2D eigenvalue weighted by Gasteiger charge is 2.04. The molecule has 0 radical (unpaired) electrons. The van der Waals surface area contributed by atoms with Gasteiger partial charge in [0.2, 0.25) is 0 Å². The van der Waals surface area contributed by atoms with Gasteiger partial charge in [0.05, 0.1) is 0 Å². The number of allylic oxidation sites excluding steroid dienone is 4. The Morgan fingerprint density at radius 1 is 1.11 bits per heavy atom. The minimum Gasteiger partial charge on any atom is -0.297 e. The molecule has 1 aromatic rings. The van der Waals surface area contributed by atoms with Crippen molar-refractivity contribution in [1.82, 2.24) is 0 Å². The Morgan fingerprint density at radius 2 is 1.74 bits per heavy atom. The monoisotopic (exact) mass is 256 g/mol. The fourth-order valence-electron chi connectivity index (χ4n) is 1.38. The molecule has 0 spiro atoms. The van der Waals surface area contributed by atoms with Crippen molar-refractivity contribution in [3.05, 3.63) is 54.1 Å². The molecule has 19 heavy (non-hydrogen) atoms. The van der Waals surface area contributed by atoms with E-state index < -0.39 is 6.09 Å². The van der Waals surface area contributed by atoms with Gasteiger partial charge in [-0.15, -0.1) is 0 Å². The zero-order valence-corrected chi connectivity index (χ0v) is 10.3. The fraction of sp³-hybridized carbons (Fsp3) is 0.0714. The molecule has 1 aromatic carbocycles. The van der Waals surface area contributed by atoms with Crippen LogP contribution in [0.4, 0.5) is 10.5 Å². The van der Waals surface area contributed by atoms with Crippen LogP contribution in [0.15, 0.2) is 53.7 Å². The van der Waals surface area contributed by atoms with Gasteiger partial charge in [-0.25, -0.2) is 4.79 Å². The zero-order chi connectivity index (χ0) is 13.7. The molecular formula is C14H12N2O3. The number of hydrogen-bond donors (Lipinski definition) is 1. The first-order valence-electron chi connectivity index (χ1n) is 5.66. The fourth-order valence-corrected chi connectivity index (χ4v) is 1.38. The van der Waals surface area contributed by atoms with Crippen molar-refractivity contribution >= 4 is 23.3 Å². The maximum absolute atomic E-state index is 11.4. The standard InChI is InChI=1S/C14H12N2O3/c1-10-2-4-11(5-3-10)15-14(18)19-16-12-6-8-13(17)9-7-12/h2-9H,1H3,(H,15,18). The topological polar surface area (TPSA) is 67.8 Å². The zero-order valence-electron chi connectivity index (χ0n) is 10.3. The van der Waals surface area contributed by atoms with Crippen LogP contribution in [-0.4, -0.2) is 17.6 Å². The molecule has 1 amide bonds. The van der Waals surface area contributed by atoms with Crippen LogP contribution in [0.5, 0.6) is 0 Å². The third-order valence-electron chi connectivity index (χ3n) is 2.37. The molecule has 0 aromatic heterocycles. The average molecular weight is 256 g/mol. The van der Waals surface area contributed by atoms with E-state index in [0.717, 1.165) is 5.56 Å². The summed E-state index contributed by atoms with van der Waals surface area (Å²) in [5, 5.41) is 6.14. The first-order chi connectivity index (χ1) is 9.13. The van der Waals surface area contributed by atoms with Crippen LogP contribution < -0.4 is 5.32 Å². The number of rotatable bonds is 2. The minimum absolute atomic E-state index is 0.122. The van der Waals surface area contributed by atoms with Gasteiger partial charge in [-0.3, -0.25) is 14.9 Å². The van der Waals surface area contributed by atoms with Crippen LogP contribution in [0.1, 0.15) is 5.56 Å². The van der Waals surface area contributed by atoms with Crippen LogP contribution >= 0.6 is 0 Å². The summed E-state index contributed by atoms with van der Waals surface area (Å²) in [6, 6.07) is 7.28. The summed E-state index contributed by atoms with van der Waals surface area (Å²) >= 11 is 0. The Labute approximate surface area is 110 Å². The van der Waals surface area contributed by atoms with Crippen molar-refractivity contribution in [2.45, 2.75) is 6.92 Å². The number of nitrogens with zero attached hydrogens (tertiary/aromatic N) is 1. The summed E-state index contributed by atoms with van der Waals surface area (Å²) in [6.07, 6.45) is 4.96. The van der Waals surface area contributed by atoms with Gasteiger partial charge in [0, 0.05) is 5.69 Å². The van der Waals surface area contributed by atoms with E-state index in [1.807, 2.05) is 19.1 Å². The molecule has 1 aliphatic carbocycles.